The van der Waals surface area contributed by atoms with Crippen LogP contribution in [0.25, 0.3) is 10.9 Å². The van der Waals surface area contributed by atoms with E-state index in [1.54, 1.807) is 35.2 Å². The number of fused-ring (bicyclic) bond motifs is 1. The molecule has 0 spiro atoms. The van der Waals surface area contributed by atoms with Gasteiger partial charge in [0.25, 0.3) is 11.5 Å². The van der Waals surface area contributed by atoms with Crippen molar-refractivity contribution >= 4 is 16.8 Å². The number of hydrogen-bond donors (Lipinski definition) is 1. The Morgan fingerprint density at radius 2 is 2.00 bits per heavy atom. The SMILES string of the molecule is CCN(Cc1nc2ccccc2c(=O)[nH]1)C(=O)c1ccc(OC(C)C)nc1. The largest absolute Gasteiger partial charge is 0.475 e. The first-order valence-corrected chi connectivity index (χ1v) is 8.88. The maximum absolute atomic E-state index is 12.8. The minimum absolute atomic E-state index is 0.0157. The van der Waals surface area contributed by atoms with Crippen LogP contribution in [0, 0.1) is 0 Å². The molecule has 0 saturated carbocycles. The van der Waals surface area contributed by atoms with Crippen LogP contribution in [0.2, 0.25) is 0 Å². The van der Waals surface area contributed by atoms with Gasteiger partial charge in [0.15, 0.2) is 0 Å². The second-order valence-corrected chi connectivity index (χ2v) is 6.40. The molecule has 1 N–H and O–H groups in total. The van der Waals surface area contributed by atoms with E-state index in [1.807, 2.05) is 26.8 Å². The highest BCUT2D eigenvalue weighted by molar-refractivity contribution is 5.93. The monoisotopic (exact) mass is 366 g/mol. The molecule has 7 nitrogen and oxygen atoms in total. The zero-order chi connectivity index (χ0) is 19.4. The standard InChI is InChI=1S/C20H22N4O3/c1-4-24(20(26)14-9-10-18(21-11-14)27-13(2)3)12-17-22-16-8-6-5-7-15(16)19(25)23-17/h5-11,13H,4,12H2,1-3H3,(H,22,23,25). The number of aromatic amines is 1. The molecule has 0 aliphatic heterocycles. The molecule has 2 aromatic heterocycles. The molecule has 0 bridgehead atoms. The van der Waals surface area contributed by atoms with Crippen LogP contribution in [-0.2, 0) is 6.54 Å². The molecule has 0 unspecified atom stereocenters. The van der Waals surface area contributed by atoms with E-state index in [0.29, 0.717) is 34.7 Å². The van der Waals surface area contributed by atoms with Crippen molar-refractivity contribution in [3.05, 3.63) is 64.3 Å². The maximum Gasteiger partial charge on any atom is 0.258 e. The number of nitrogens with zero attached hydrogens (tertiary/aromatic N) is 3. The lowest BCUT2D eigenvalue weighted by Gasteiger charge is -2.20. The van der Waals surface area contributed by atoms with E-state index < -0.39 is 0 Å². The van der Waals surface area contributed by atoms with Gasteiger partial charge in [-0.15, -0.1) is 0 Å². The molecule has 140 valence electrons. The molecule has 3 aromatic rings. The quantitative estimate of drug-likeness (QED) is 0.725. The predicted octanol–water partition coefficient (Wildman–Crippen LogP) is 2.77. The molecule has 3 rings (SSSR count). The number of nitrogens with one attached hydrogen (secondary N) is 1. The van der Waals surface area contributed by atoms with Gasteiger partial charge in [-0.25, -0.2) is 9.97 Å². The summed E-state index contributed by atoms with van der Waals surface area (Å²) in [5, 5.41) is 0.528. The number of ether oxygens (including phenoxy) is 1. The van der Waals surface area contributed by atoms with Gasteiger partial charge in [-0.3, -0.25) is 9.59 Å². The summed E-state index contributed by atoms with van der Waals surface area (Å²) in [5.41, 5.74) is 0.851. The third kappa shape index (κ3) is 4.31. The highest BCUT2D eigenvalue weighted by Crippen LogP contribution is 2.13. The van der Waals surface area contributed by atoms with Gasteiger partial charge >= 0.3 is 0 Å². The fraction of sp³-hybridized carbons (Fsp3) is 0.300. The molecule has 2 heterocycles. The van der Waals surface area contributed by atoms with Crippen molar-refractivity contribution in [1.29, 1.82) is 0 Å². The first-order chi connectivity index (χ1) is 13.0. The predicted molar refractivity (Wildman–Crippen MR) is 103 cm³/mol. The zero-order valence-corrected chi connectivity index (χ0v) is 15.6. The number of pyridine rings is 1. The van der Waals surface area contributed by atoms with E-state index in [2.05, 4.69) is 15.0 Å². The molecule has 0 saturated heterocycles. The maximum atomic E-state index is 12.8. The molecule has 1 amide bonds. The Morgan fingerprint density at radius 1 is 1.22 bits per heavy atom. The Morgan fingerprint density at radius 3 is 2.67 bits per heavy atom. The van der Waals surface area contributed by atoms with Crippen LogP contribution >= 0.6 is 0 Å². The Balaban J connectivity index is 1.80. The average Bonchev–Trinajstić information content (AvgIpc) is 2.66. The van der Waals surface area contributed by atoms with Gasteiger partial charge in [0, 0.05) is 18.8 Å². The van der Waals surface area contributed by atoms with Crippen molar-refractivity contribution < 1.29 is 9.53 Å². The van der Waals surface area contributed by atoms with E-state index in [0.717, 1.165) is 0 Å². The molecular formula is C20H22N4O3. The lowest BCUT2D eigenvalue weighted by Crippen LogP contribution is -2.32. The second-order valence-electron chi connectivity index (χ2n) is 6.40. The molecule has 0 radical (unpaired) electrons. The Bertz CT molecular complexity index is 996. The van der Waals surface area contributed by atoms with Gasteiger partial charge in [-0.2, -0.15) is 0 Å². The number of hydrogen-bond acceptors (Lipinski definition) is 5. The van der Waals surface area contributed by atoms with Crippen molar-refractivity contribution in [3.63, 3.8) is 0 Å². The summed E-state index contributed by atoms with van der Waals surface area (Å²) < 4.78 is 5.50. The second kappa shape index (κ2) is 7.99. The summed E-state index contributed by atoms with van der Waals surface area (Å²) in [6.07, 6.45) is 1.52. The van der Waals surface area contributed by atoms with Crippen LogP contribution in [0.3, 0.4) is 0 Å². The Kier molecular flexibility index (Phi) is 5.49. The first-order valence-electron chi connectivity index (χ1n) is 8.88. The van der Waals surface area contributed by atoms with E-state index in [1.165, 1.54) is 6.20 Å². The number of carbonyl (C=O) groups excluding carboxylic acids is 1. The van der Waals surface area contributed by atoms with E-state index >= 15 is 0 Å². The van der Waals surface area contributed by atoms with Crippen molar-refractivity contribution in [2.24, 2.45) is 0 Å². The lowest BCUT2D eigenvalue weighted by molar-refractivity contribution is 0.0748. The van der Waals surface area contributed by atoms with E-state index in [9.17, 15) is 9.59 Å². The number of para-hydroxylation sites is 1. The minimum Gasteiger partial charge on any atom is -0.475 e. The van der Waals surface area contributed by atoms with Crippen molar-refractivity contribution in [2.75, 3.05) is 6.54 Å². The van der Waals surface area contributed by atoms with Crippen LogP contribution in [0.5, 0.6) is 5.88 Å². The highest BCUT2D eigenvalue weighted by atomic mass is 16.5. The van der Waals surface area contributed by atoms with Crippen LogP contribution in [-0.4, -0.2) is 38.4 Å². The molecular weight excluding hydrogens is 344 g/mol. The van der Waals surface area contributed by atoms with Crippen molar-refractivity contribution in [3.8, 4) is 5.88 Å². The normalized spacial score (nSPS) is 11.0. The van der Waals surface area contributed by atoms with E-state index in [4.69, 9.17) is 4.74 Å². The lowest BCUT2D eigenvalue weighted by atomic mass is 10.2. The van der Waals surface area contributed by atoms with Crippen molar-refractivity contribution in [2.45, 2.75) is 33.4 Å². The van der Waals surface area contributed by atoms with Gasteiger partial charge < -0.3 is 14.6 Å². The number of amides is 1. The van der Waals surface area contributed by atoms with Gasteiger partial charge in [0.2, 0.25) is 5.88 Å². The summed E-state index contributed by atoms with van der Waals surface area (Å²) in [5.74, 6) is 0.739. The van der Waals surface area contributed by atoms with E-state index in [-0.39, 0.29) is 24.1 Å². The Hall–Kier alpha value is -3.22. The third-order valence-corrected chi connectivity index (χ3v) is 4.01. The summed E-state index contributed by atoms with van der Waals surface area (Å²) in [6.45, 7) is 6.38. The minimum atomic E-state index is -0.212. The molecule has 7 heteroatoms. The summed E-state index contributed by atoms with van der Waals surface area (Å²) in [6, 6.07) is 10.5. The fourth-order valence-corrected chi connectivity index (χ4v) is 2.72. The highest BCUT2D eigenvalue weighted by Gasteiger charge is 2.17. The van der Waals surface area contributed by atoms with Crippen LogP contribution in [0.4, 0.5) is 0 Å². The molecule has 0 atom stereocenters. The molecule has 0 aliphatic carbocycles. The third-order valence-electron chi connectivity index (χ3n) is 4.01. The van der Waals surface area contributed by atoms with Crippen LogP contribution < -0.4 is 10.3 Å². The number of H-pyrrole nitrogens is 1. The Labute approximate surface area is 157 Å². The topological polar surface area (TPSA) is 88.2 Å². The fourth-order valence-electron chi connectivity index (χ4n) is 2.72. The van der Waals surface area contributed by atoms with Crippen LogP contribution in [0.15, 0.2) is 47.4 Å². The molecule has 27 heavy (non-hydrogen) atoms. The average molecular weight is 366 g/mol. The number of carbonyl (C=O) groups is 1. The number of benzene rings is 1. The van der Waals surface area contributed by atoms with Gasteiger partial charge in [0.1, 0.15) is 5.82 Å². The van der Waals surface area contributed by atoms with Crippen molar-refractivity contribution in [1.82, 2.24) is 19.9 Å². The smallest absolute Gasteiger partial charge is 0.258 e. The summed E-state index contributed by atoms with van der Waals surface area (Å²) in [4.78, 5) is 38.0. The molecule has 0 aliphatic rings. The van der Waals surface area contributed by atoms with Gasteiger partial charge in [-0.05, 0) is 39.0 Å². The first kappa shape index (κ1) is 18.6. The van der Waals surface area contributed by atoms with Crippen LogP contribution in [0.1, 0.15) is 37.0 Å². The zero-order valence-electron chi connectivity index (χ0n) is 15.6. The van der Waals surface area contributed by atoms with Gasteiger partial charge in [0.05, 0.1) is 29.1 Å². The molecule has 1 aromatic carbocycles. The summed E-state index contributed by atoms with van der Waals surface area (Å²) >= 11 is 0. The number of aromatic nitrogens is 3. The molecule has 0 fully saturated rings. The number of rotatable bonds is 6. The van der Waals surface area contributed by atoms with Gasteiger partial charge in [-0.1, -0.05) is 12.1 Å². The summed E-state index contributed by atoms with van der Waals surface area (Å²) in [7, 11) is 0.